The third-order valence-corrected chi connectivity index (χ3v) is 5.30. The smallest absolute Gasteiger partial charge is 0.200 e. The van der Waals surface area contributed by atoms with E-state index < -0.39 is 11.0 Å². The fourth-order valence-corrected chi connectivity index (χ4v) is 3.65. The van der Waals surface area contributed by atoms with Gasteiger partial charge < -0.3 is 24.5 Å². The minimum atomic E-state index is -0.609. The molecular weight excluding hydrogens is 412 g/mol. The normalized spacial score (nSPS) is 14.8. The summed E-state index contributed by atoms with van der Waals surface area (Å²) in [5.74, 6) is -0.303. The summed E-state index contributed by atoms with van der Waals surface area (Å²) in [5, 5.41) is 30.7. The molecule has 3 N–H and O–H groups in total. The van der Waals surface area contributed by atoms with Gasteiger partial charge in [-0.05, 0) is 57.0 Å². The quantitative estimate of drug-likeness (QED) is 0.410. The molecule has 0 spiro atoms. The van der Waals surface area contributed by atoms with Gasteiger partial charge in [0, 0.05) is 17.7 Å². The number of carbonyl (C=O) groups excluding carboxylic acids is 1. The zero-order chi connectivity index (χ0) is 23.2. The van der Waals surface area contributed by atoms with Crippen molar-refractivity contribution >= 4 is 23.3 Å². The van der Waals surface area contributed by atoms with Crippen molar-refractivity contribution in [1.29, 1.82) is 0 Å². The van der Waals surface area contributed by atoms with Crippen LogP contribution in [0.1, 0.15) is 31.9 Å². The van der Waals surface area contributed by atoms with Crippen molar-refractivity contribution in [3.8, 4) is 34.3 Å². The van der Waals surface area contributed by atoms with E-state index in [1.807, 2.05) is 19.9 Å². The fourth-order valence-electron chi connectivity index (χ4n) is 3.65. The second-order valence-electron chi connectivity index (χ2n) is 8.26. The summed E-state index contributed by atoms with van der Waals surface area (Å²) in [5.41, 5.74) is 0.241. The van der Waals surface area contributed by atoms with E-state index in [0.717, 1.165) is 6.07 Å². The summed E-state index contributed by atoms with van der Waals surface area (Å²) < 4.78 is 12.1. The standard InChI is InChI=1S/C25H22O7/c1-13(12-26)4-6-17-22(30)21-19(29)11-20-16(8-9-25(2,3)32-20)24(21)31-23(17)15-7-5-14(27)10-18(15)28/h4-5,7-12,27-29H,6H2,1-3H3/b13-4+. The number of hydrogen-bond acceptors (Lipinski definition) is 7. The van der Waals surface area contributed by atoms with Crippen LogP contribution in [0.2, 0.25) is 0 Å². The molecule has 1 aliphatic rings. The van der Waals surface area contributed by atoms with E-state index >= 15 is 0 Å². The van der Waals surface area contributed by atoms with Crippen molar-refractivity contribution in [2.75, 3.05) is 0 Å². The number of rotatable bonds is 4. The van der Waals surface area contributed by atoms with Gasteiger partial charge in [-0.15, -0.1) is 0 Å². The first-order valence-electron chi connectivity index (χ1n) is 9.99. The lowest BCUT2D eigenvalue weighted by molar-refractivity contribution is -0.104. The van der Waals surface area contributed by atoms with Gasteiger partial charge in [0.15, 0.2) is 5.58 Å². The molecule has 0 radical (unpaired) electrons. The number of allylic oxidation sites excluding steroid dienone is 2. The number of ether oxygens (including phenoxy) is 1. The van der Waals surface area contributed by atoms with Crippen LogP contribution in [0.5, 0.6) is 23.0 Å². The van der Waals surface area contributed by atoms with Gasteiger partial charge in [0.05, 0.1) is 11.1 Å². The van der Waals surface area contributed by atoms with Crippen molar-refractivity contribution in [1.82, 2.24) is 0 Å². The highest BCUT2D eigenvalue weighted by Gasteiger charge is 2.28. The molecule has 0 atom stereocenters. The Hall–Kier alpha value is -4.00. The molecule has 7 heteroatoms. The van der Waals surface area contributed by atoms with Crippen LogP contribution in [-0.4, -0.2) is 27.2 Å². The first kappa shape index (κ1) is 21.2. The van der Waals surface area contributed by atoms with Crippen LogP contribution in [0.25, 0.3) is 28.4 Å². The molecule has 1 aromatic heterocycles. The van der Waals surface area contributed by atoms with E-state index in [0.29, 0.717) is 23.2 Å². The Kier molecular flexibility index (Phi) is 5.05. The maximum Gasteiger partial charge on any atom is 0.200 e. The zero-order valence-electron chi connectivity index (χ0n) is 17.8. The highest BCUT2D eigenvalue weighted by atomic mass is 16.5. The molecule has 2 heterocycles. The fraction of sp³-hybridized carbons (Fsp3) is 0.200. The summed E-state index contributed by atoms with van der Waals surface area (Å²) in [6.07, 6.45) is 5.84. The minimum Gasteiger partial charge on any atom is -0.508 e. The largest absolute Gasteiger partial charge is 0.508 e. The van der Waals surface area contributed by atoms with Crippen molar-refractivity contribution in [2.45, 2.75) is 32.8 Å². The number of benzene rings is 2. The van der Waals surface area contributed by atoms with Crippen LogP contribution in [0.4, 0.5) is 0 Å². The summed E-state index contributed by atoms with van der Waals surface area (Å²) >= 11 is 0. The number of phenolic OH excluding ortho intramolecular Hbond substituents is 3. The van der Waals surface area contributed by atoms with Gasteiger partial charge in [0.2, 0.25) is 5.43 Å². The molecule has 164 valence electrons. The average molecular weight is 434 g/mol. The molecule has 0 bridgehead atoms. The third kappa shape index (κ3) is 3.62. The summed E-state index contributed by atoms with van der Waals surface area (Å²) in [6, 6.07) is 5.31. The molecule has 0 saturated carbocycles. The molecule has 0 fully saturated rings. The number of carbonyl (C=O) groups is 1. The maximum atomic E-state index is 13.5. The van der Waals surface area contributed by atoms with Gasteiger partial charge in [-0.1, -0.05) is 6.08 Å². The lowest BCUT2D eigenvalue weighted by Gasteiger charge is -2.28. The molecule has 7 nitrogen and oxygen atoms in total. The van der Waals surface area contributed by atoms with Crippen LogP contribution in [-0.2, 0) is 11.2 Å². The van der Waals surface area contributed by atoms with Gasteiger partial charge in [-0.2, -0.15) is 0 Å². The third-order valence-electron chi connectivity index (χ3n) is 5.30. The van der Waals surface area contributed by atoms with Gasteiger partial charge in [0.1, 0.15) is 46.0 Å². The highest BCUT2D eigenvalue weighted by molar-refractivity contribution is 5.95. The van der Waals surface area contributed by atoms with Gasteiger partial charge >= 0.3 is 0 Å². The monoisotopic (exact) mass is 434 g/mol. The first-order chi connectivity index (χ1) is 15.1. The lowest BCUT2D eigenvalue weighted by Crippen LogP contribution is -2.27. The van der Waals surface area contributed by atoms with E-state index in [2.05, 4.69) is 0 Å². The summed E-state index contributed by atoms with van der Waals surface area (Å²) in [4.78, 5) is 24.5. The van der Waals surface area contributed by atoms with E-state index in [1.54, 1.807) is 19.1 Å². The SMILES string of the molecule is C/C(C=O)=C\Cc1c(-c2ccc(O)cc2O)oc2c3c(cc(O)c2c1=O)OC(C)(C)C=C3. The molecule has 0 saturated heterocycles. The topological polar surface area (TPSA) is 117 Å². The first-order valence-corrected chi connectivity index (χ1v) is 9.99. The van der Waals surface area contributed by atoms with Crippen molar-refractivity contribution in [3.63, 3.8) is 0 Å². The summed E-state index contributed by atoms with van der Waals surface area (Å²) in [6.45, 7) is 5.31. The second kappa shape index (κ2) is 7.60. The zero-order valence-corrected chi connectivity index (χ0v) is 17.8. The lowest BCUT2D eigenvalue weighted by atomic mass is 9.96. The van der Waals surface area contributed by atoms with E-state index in [9.17, 15) is 24.9 Å². The van der Waals surface area contributed by atoms with Crippen LogP contribution < -0.4 is 10.2 Å². The van der Waals surface area contributed by atoms with Crippen LogP contribution >= 0.6 is 0 Å². The van der Waals surface area contributed by atoms with Crippen molar-refractivity contribution in [3.05, 3.63) is 63.3 Å². The summed E-state index contributed by atoms with van der Waals surface area (Å²) in [7, 11) is 0. The van der Waals surface area contributed by atoms with Crippen LogP contribution in [0.15, 0.2) is 51.2 Å². The van der Waals surface area contributed by atoms with Crippen LogP contribution in [0.3, 0.4) is 0 Å². The molecule has 4 rings (SSSR count). The number of aromatic hydroxyl groups is 3. The molecule has 0 unspecified atom stereocenters. The number of aldehydes is 1. The Labute approximate surface area is 183 Å². The van der Waals surface area contributed by atoms with Crippen LogP contribution in [0, 0.1) is 0 Å². The number of hydrogen-bond donors (Lipinski definition) is 3. The molecule has 32 heavy (non-hydrogen) atoms. The molecule has 0 amide bonds. The molecule has 1 aliphatic heterocycles. The second-order valence-corrected chi connectivity index (χ2v) is 8.26. The average Bonchev–Trinajstić information content (AvgIpc) is 2.71. The van der Waals surface area contributed by atoms with E-state index in [4.69, 9.17) is 9.15 Å². The van der Waals surface area contributed by atoms with Gasteiger partial charge in [0.25, 0.3) is 0 Å². The Morgan fingerprint density at radius 3 is 2.56 bits per heavy atom. The van der Waals surface area contributed by atoms with Gasteiger partial charge in [-0.3, -0.25) is 9.59 Å². The number of phenols is 3. The minimum absolute atomic E-state index is 0.0223. The van der Waals surface area contributed by atoms with Crippen molar-refractivity contribution in [2.24, 2.45) is 0 Å². The predicted octanol–water partition coefficient (Wildman–Crippen LogP) is 4.45. The molecular formula is C25H22O7. The Bertz CT molecular complexity index is 1370. The number of fused-ring (bicyclic) bond motifs is 3. The Morgan fingerprint density at radius 2 is 1.88 bits per heavy atom. The molecule has 2 aromatic carbocycles. The van der Waals surface area contributed by atoms with E-state index in [-0.39, 0.29) is 51.5 Å². The Balaban J connectivity index is 2.09. The highest BCUT2D eigenvalue weighted by Crippen LogP contribution is 2.42. The predicted molar refractivity (Wildman–Crippen MR) is 120 cm³/mol. The Morgan fingerprint density at radius 1 is 1.12 bits per heavy atom. The maximum absolute atomic E-state index is 13.5. The van der Waals surface area contributed by atoms with E-state index in [1.165, 1.54) is 18.2 Å². The van der Waals surface area contributed by atoms with Gasteiger partial charge in [-0.25, -0.2) is 0 Å². The van der Waals surface area contributed by atoms with Crippen molar-refractivity contribution < 1.29 is 29.3 Å². The molecule has 3 aromatic rings. The molecule has 0 aliphatic carbocycles.